The molecule has 0 bridgehead atoms. The summed E-state index contributed by atoms with van der Waals surface area (Å²) in [6.45, 7) is 2.68. The molecule has 2 N–H and O–H groups in total. The zero-order chi connectivity index (χ0) is 22.2. The minimum absolute atomic E-state index is 0.112. The molecule has 0 radical (unpaired) electrons. The predicted octanol–water partition coefficient (Wildman–Crippen LogP) is 5.55. The predicted molar refractivity (Wildman–Crippen MR) is 124 cm³/mol. The fraction of sp³-hybridized carbons (Fsp3) is 0.130. The van der Waals surface area contributed by atoms with Gasteiger partial charge >= 0.3 is 0 Å². The van der Waals surface area contributed by atoms with Gasteiger partial charge in [-0.15, -0.1) is 0 Å². The van der Waals surface area contributed by atoms with E-state index in [4.69, 9.17) is 21.1 Å². The van der Waals surface area contributed by atoms with E-state index in [9.17, 15) is 9.90 Å². The lowest BCUT2D eigenvalue weighted by atomic mass is 10.2. The van der Waals surface area contributed by atoms with Gasteiger partial charge in [0.25, 0.3) is 5.91 Å². The van der Waals surface area contributed by atoms with Crippen molar-refractivity contribution in [1.29, 1.82) is 0 Å². The Bertz CT molecular complexity index is 1090. The van der Waals surface area contributed by atoms with Gasteiger partial charge in [0.2, 0.25) is 0 Å². The van der Waals surface area contributed by atoms with Crippen LogP contribution in [0.15, 0.2) is 70.2 Å². The molecule has 0 aromatic heterocycles. The number of para-hydroxylation sites is 1. The Kier molecular flexibility index (Phi) is 7.92. The lowest BCUT2D eigenvalue weighted by Crippen LogP contribution is -2.17. The molecule has 0 aliphatic carbocycles. The first-order valence-electron chi connectivity index (χ1n) is 9.43. The van der Waals surface area contributed by atoms with Gasteiger partial charge in [-0.1, -0.05) is 35.9 Å². The number of rotatable bonds is 8. The standard InChI is InChI=1S/C23H20BrClN2O4/c1-2-30-21-12-16(13-26-27-23(29)18-5-3-4-6-20(18)28)11-19(24)22(21)31-14-15-7-9-17(25)10-8-15/h3-13,28H,2,14H2,1H3,(H,27,29)/b26-13+. The Morgan fingerprint density at radius 2 is 1.90 bits per heavy atom. The normalized spacial score (nSPS) is 10.8. The van der Waals surface area contributed by atoms with Crippen molar-refractivity contribution in [2.45, 2.75) is 13.5 Å². The van der Waals surface area contributed by atoms with Crippen molar-refractivity contribution >= 4 is 39.7 Å². The molecule has 0 saturated carbocycles. The molecular formula is C23H20BrClN2O4. The maximum Gasteiger partial charge on any atom is 0.275 e. The molecule has 3 aromatic carbocycles. The molecule has 0 saturated heterocycles. The SMILES string of the molecule is CCOc1cc(/C=N/NC(=O)c2ccccc2O)cc(Br)c1OCc1ccc(Cl)cc1. The summed E-state index contributed by atoms with van der Waals surface area (Å²) in [7, 11) is 0. The Morgan fingerprint density at radius 1 is 1.16 bits per heavy atom. The molecular weight excluding hydrogens is 484 g/mol. The fourth-order valence-electron chi connectivity index (χ4n) is 2.69. The summed E-state index contributed by atoms with van der Waals surface area (Å²) in [5, 5.41) is 14.4. The van der Waals surface area contributed by atoms with Crippen LogP contribution in [0, 0.1) is 0 Å². The second-order valence-corrected chi connectivity index (χ2v) is 7.69. The molecule has 0 heterocycles. The van der Waals surface area contributed by atoms with E-state index in [1.54, 1.807) is 24.3 Å². The van der Waals surface area contributed by atoms with Crippen molar-refractivity contribution in [1.82, 2.24) is 5.43 Å². The van der Waals surface area contributed by atoms with Gasteiger partial charge in [0.05, 0.1) is 22.9 Å². The number of carbonyl (C=O) groups excluding carboxylic acids is 1. The molecule has 31 heavy (non-hydrogen) atoms. The highest BCUT2D eigenvalue weighted by atomic mass is 79.9. The van der Waals surface area contributed by atoms with Gasteiger partial charge in [0.1, 0.15) is 12.4 Å². The minimum Gasteiger partial charge on any atom is -0.507 e. The molecule has 0 aliphatic rings. The Balaban J connectivity index is 1.73. The third-order valence-corrected chi connectivity index (χ3v) is 5.00. The smallest absolute Gasteiger partial charge is 0.275 e. The molecule has 3 rings (SSSR count). The summed E-state index contributed by atoms with van der Waals surface area (Å²) < 4.78 is 12.4. The number of carbonyl (C=O) groups is 1. The lowest BCUT2D eigenvalue weighted by Gasteiger charge is -2.14. The van der Waals surface area contributed by atoms with E-state index >= 15 is 0 Å². The van der Waals surface area contributed by atoms with Crippen molar-refractivity contribution in [3.63, 3.8) is 0 Å². The summed E-state index contributed by atoms with van der Waals surface area (Å²) in [6, 6.07) is 17.2. The number of benzene rings is 3. The van der Waals surface area contributed by atoms with E-state index in [1.807, 2.05) is 31.2 Å². The van der Waals surface area contributed by atoms with Crippen LogP contribution in [-0.2, 0) is 6.61 Å². The van der Waals surface area contributed by atoms with Gasteiger partial charge in [0, 0.05) is 5.02 Å². The van der Waals surface area contributed by atoms with Crippen LogP contribution in [0.25, 0.3) is 0 Å². The van der Waals surface area contributed by atoms with Gasteiger partial charge in [-0.3, -0.25) is 4.79 Å². The average Bonchev–Trinajstić information content (AvgIpc) is 2.75. The van der Waals surface area contributed by atoms with Gasteiger partial charge < -0.3 is 14.6 Å². The molecule has 6 nitrogen and oxygen atoms in total. The van der Waals surface area contributed by atoms with Crippen LogP contribution in [0.3, 0.4) is 0 Å². The highest BCUT2D eigenvalue weighted by Crippen LogP contribution is 2.37. The molecule has 3 aromatic rings. The maximum atomic E-state index is 12.1. The first-order valence-corrected chi connectivity index (χ1v) is 10.6. The quantitative estimate of drug-likeness (QED) is 0.312. The number of aromatic hydroxyl groups is 1. The zero-order valence-electron chi connectivity index (χ0n) is 16.6. The van der Waals surface area contributed by atoms with E-state index in [-0.39, 0.29) is 11.3 Å². The topological polar surface area (TPSA) is 80.2 Å². The maximum absolute atomic E-state index is 12.1. The van der Waals surface area contributed by atoms with Crippen molar-refractivity contribution in [3.8, 4) is 17.2 Å². The average molecular weight is 504 g/mol. The van der Waals surface area contributed by atoms with E-state index < -0.39 is 5.91 Å². The summed E-state index contributed by atoms with van der Waals surface area (Å²) >= 11 is 9.43. The minimum atomic E-state index is -0.513. The van der Waals surface area contributed by atoms with Gasteiger partial charge in [0.15, 0.2) is 11.5 Å². The number of hydrazone groups is 1. The highest BCUT2D eigenvalue weighted by molar-refractivity contribution is 9.10. The number of ether oxygens (including phenoxy) is 2. The van der Waals surface area contributed by atoms with Crippen LogP contribution < -0.4 is 14.9 Å². The monoisotopic (exact) mass is 502 g/mol. The van der Waals surface area contributed by atoms with Gasteiger partial charge in [-0.25, -0.2) is 5.43 Å². The van der Waals surface area contributed by atoms with Crippen molar-refractivity contribution in [3.05, 3.63) is 86.8 Å². The highest BCUT2D eigenvalue weighted by Gasteiger charge is 2.13. The number of amides is 1. The number of phenolic OH excluding ortho intramolecular Hbond substituents is 1. The summed E-state index contributed by atoms with van der Waals surface area (Å²) in [5.74, 6) is 0.478. The van der Waals surface area contributed by atoms with Crippen LogP contribution in [0.2, 0.25) is 5.02 Å². The Hall–Kier alpha value is -3.03. The number of hydrogen-bond donors (Lipinski definition) is 2. The third-order valence-electron chi connectivity index (χ3n) is 4.16. The first kappa shape index (κ1) is 22.7. The molecule has 8 heteroatoms. The van der Waals surface area contributed by atoms with E-state index in [0.717, 1.165) is 5.56 Å². The molecule has 0 atom stereocenters. The van der Waals surface area contributed by atoms with Gasteiger partial charge in [-0.2, -0.15) is 5.10 Å². The van der Waals surface area contributed by atoms with Crippen molar-refractivity contribution < 1.29 is 19.4 Å². The van der Waals surface area contributed by atoms with Crippen LogP contribution in [0.1, 0.15) is 28.4 Å². The molecule has 0 spiro atoms. The second kappa shape index (κ2) is 10.8. The van der Waals surface area contributed by atoms with Crippen LogP contribution in [0.5, 0.6) is 17.2 Å². The molecule has 0 unspecified atom stereocenters. The summed E-state index contributed by atoms with van der Waals surface area (Å²) in [4.78, 5) is 12.1. The molecule has 0 aliphatic heterocycles. The number of phenols is 1. The number of hydrogen-bond acceptors (Lipinski definition) is 5. The van der Waals surface area contributed by atoms with Crippen LogP contribution in [0.4, 0.5) is 0 Å². The van der Waals surface area contributed by atoms with Gasteiger partial charge in [-0.05, 0) is 70.4 Å². The first-order chi connectivity index (χ1) is 15.0. The number of nitrogens with zero attached hydrogens (tertiary/aromatic N) is 1. The summed E-state index contributed by atoms with van der Waals surface area (Å²) in [5.41, 5.74) is 4.19. The fourth-order valence-corrected chi connectivity index (χ4v) is 3.39. The Morgan fingerprint density at radius 3 is 2.61 bits per heavy atom. The van der Waals surface area contributed by atoms with Crippen LogP contribution in [-0.4, -0.2) is 23.8 Å². The van der Waals surface area contributed by atoms with E-state index in [0.29, 0.717) is 39.8 Å². The van der Waals surface area contributed by atoms with Crippen LogP contribution >= 0.6 is 27.5 Å². The third kappa shape index (κ3) is 6.23. The van der Waals surface area contributed by atoms with Crippen molar-refractivity contribution in [2.75, 3.05) is 6.61 Å². The molecule has 0 fully saturated rings. The van der Waals surface area contributed by atoms with E-state index in [1.165, 1.54) is 18.3 Å². The van der Waals surface area contributed by atoms with Crippen molar-refractivity contribution in [2.24, 2.45) is 5.10 Å². The number of nitrogens with one attached hydrogen (secondary N) is 1. The summed E-state index contributed by atoms with van der Waals surface area (Å²) in [6.07, 6.45) is 1.48. The molecule has 1 amide bonds. The second-order valence-electron chi connectivity index (χ2n) is 6.39. The lowest BCUT2D eigenvalue weighted by molar-refractivity contribution is 0.0952. The number of halogens is 2. The zero-order valence-corrected chi connectivity index (χ0v) is 19.0. The van der Waals surface area contributed by atoms with E-state index in [2.05, 4.69) is 26.5 Å². The Labute approximate surface area is 193 Å². The molecule has 160 valence electrons. The largest absolute Gasteiger partial charge is 0.507 e.